The number of benzene rings is 2. The van der Waals surface area contributed by atoms with E-state index in [0.717, 1.165) is 32.0 Å². The van der Waals surface area contributed by atoms with Crippen molar-refractivity contribution in [2.45, 2.75) is 20.8 Å². The quantitative estimate of drug-likeness (QED) is 0.433. The van der Waals surface area contributed by atoms with Crippen molar-refractivity contribution in [3.05, 3.63) is 87.2 Å². The van der Waals surface area contributed by atoms with Gasteiger partial charge in [0.25, 0.3) is 11.8 Å². The summed E-state index contributed by atoms with van der Waals surface area (Å²) in [6.45, 7) is 5.79. The van der Waals surface area contributed by atoms with Crippen LogP contribution >= 0.6 is 15.9 Å². The van der Waals surface area contributed by atoms with E-state index in [0.29, 0.717) is 11.3 Å². The zero-order valence-electron chi connectivity index (χ0n) is 17.3. The predicted molar refractivity (Wildman–Crippen MR) is 123 cm³/mol. The van der Waals surface area contributed by atoms with E-state index in [2.05, 4.69) is 21.2 Å². The summed E-state index contributed by atoms with van der Waals surface area (Å²) in [5.74, 6) is -1.37. The number of rotatable bonds is 3. The van der Waals surface area contributed by atoms with E-state index in [1.165, 1.54) is 6.08 Å². The van der Waals surface area contributed by atoms with Crippen LogP contribution in [0.25, 0.3) is 11.8 Å². The van der Waals surface area contributed by atoms with Crippen LogP contribution in [0.1, 0.15) is 22.5 Å². The molecule has 7 heteroatoms. The van der Waals surface area contributed by atoms with Crippen molar-refractivity contribution >= 4 is 45.5 Å². The highest BCUT2D eigenvalue weighted by molar-refractivity contribution is 9.10. The topological polar surface area (TPSA) is 71.4 Å². The average molecular weight is 478 g/mol. The second kappa shape index (κ2) is 8.00. The van der Waals surface area contributed by atoms with Gasteiger partial charge in [-0.05, 0) is 67.0 Å². The van der Waals surface area contributed by atoms with Crippen molar-refractivity contribution in [3.8, 4) is 5.69 Å². The molecule has 3 aromatic rings. The molecule has 4 rings (SSSR count). The number of nitrogens with zero attached hydrogens (tertiary/aromatic N) is 2. The second-order valence-corrected chi connectivity index (χ2v) is 8.16. The Balaban J connectivity index is 1.81. The number of barbiturate groups is 1. The molecule has 0 atom stereocenters. The van der Waals surface area contributed by atoms with Crippen molar-refractivity contribution in [2.24, 2.45) is 0 Å². The predicted octanol–water partition coefficient (Wildman–Crippen LogP) is 4.83. The van der Waals surface area contributed by atoms with Crippen molar-refractivity contribution in [1.82, 2.24) is 9.88 Å². The lowest BCUT2D eigenvalue weighted by Gasteiger charge is -2.26. The van der Waals surface area contributed by atoms with Gasteiger partial charge in [0.05, 0.1) is 5.69 Å². The standard InChI is InChI=1S/C24H20BrN3O3/c1-14-9-11-18(12-10-14)28-23(30)20(22(29)26-24(28)31)13-19-15(2)27(16(3)21(19)25)17-7-5-4-6-8-17/h4-13H,1-3H3,(H,26,29,31)/b20-13+. The molecule has 6 nitrogen and oxygen atoms in total. The van der Waals surface area contributed by atoms with Crippen LogP contribution in [0.15, 0.2) is 64.6 Å². The Morgan fingerprint density at radius 3 is 2.13 bits per heavy atom. The first-order chi connectivity index (χ1) is 14.8. The van der Waals surface area contributed by atoms with Crippen molar-refractivity contribution in [1.29, 1.82) is 0 Å². The molecule has 156 valence electrons. The van der Waals surface area contributed by atoms with E-state index in [1.807, 2.05) is 55.7 Å². The van der Waals surface area contributed by atoms with Crippen LogP contribution < -0.4 is 10.2 Å². The van der Waals surface area contributed by atoms with Crippen LogP contribution in [0.3, 0.4) is 0 Å². The Hall–Kier alpha value is -3.45. The molecule has 0 aliphatic carbocycles. The van der Waals surface area contributed by atoms with Gasteiger partial charge in [0.1, 0.15) is 5.57 Å². The fourth-order valence-corrected chi connectivity index (χ4v) is 4.26. The Morgan fingerprint density at radius 1 is 0.839 bits per heavy atom. The first kappa shape index (κ1) is 20.8. The van der Waals surface area contributed by atoms with Crippen molar-refractivity contribution < 1.29 is 14.4 Å². The summed E-state index contributed by atoms with van der Waals surface area (Å²) in [4.78, 5) is 39.1. The average Bonchev–Trinajstić information content (AvgIpc) is 2.95. The van der Waals surface area contributed by atoms with E-state index in [9.17, 15) is 14.4 Å². The lowest BCUT2D eigenvalue weighted by Crippen LogP contribution is -2.54. The lowest BCUT2D eigenvalue weighted by atomic mass is 10.1. The van der Waals surface area contributed by atoms with Crippen LogP contribution in [-0.2, 0) is 9.59 Å². The summed E-state index contributed by atoms with van der Waals surface area (Å²) in [7, 11) is 0. The SMILES string of the molecule is Cc1ccc(N2C(=O)NC(=O)/C(=C\c3c(Br)c(C)n(-c4ccccc4)c3C)C2=O)cc1. The van der Waals surface area contributed by atoms with E-state index in [1.54, 1.807) is 24.3 Å². The Bertz CT molecular complexity index is 1240. The van der Waals surface area contributed by atoms with Gasteiger partial charge in [-0.15, -0.1) is 0 Å². The summed E-state index contributed by atoms with van der Waals surface area (Å²) in [6, 6.07) is 16.0. The zero-order valence-corrected chi connectivity index (χ0v) is 18.9. The first-order valence-electron chi connectivity index (χ1n) is 9.70. The zero-order chi connectivity index (χ0) is 22.3. The van der Waals surface area contributed by atoms with Crippen LogP contribution in [0.4, 0.5) is 10.5 Å². The Labute approximate surface area is 188 Å². The van der Waals surface area contributed by atoms with Gasteiger partial charge in [-0.25, -0.2) is 9.69 Å². The molecule has 0 saturated carbocycles. The number of nitrogens with one attached hydrogen (secondary N) is 1. The molecule has 1 saturated heterocycles. The molecule has 0 radical (unpaired) electrons. The molecule has 1 N–H and O–H groups in total. The number of amides is 4. The summed E-state index contributed by atoms with van der Waals surface area (Å²) in [5, 5.41) is 2.27. The second-order valence-electron chi connectivity index (χ2n) is 7.36. The van der Waals surface area contributed by atoms with E-state index in [4.69, 9.17) is 0 Å². The first-order valence-corrected chi connectivity index (χ1v) is 10.5. The van der Waals surface area contributed by atoms with Gasteiger partial charge < -0.3 is 4.57 Å². The highest BCUT2D eigenvalue weighted by Crippen LogP contribution is 2.33. The van der Waals surface area contributed by atoms with Crippen molar-refractivity contribution in [2.75, 3.05) is 4.90 Å². The number of halogens is 1. The number of hydrogen-bond acceptors (Lipinski definition) is 3. The van der Waals surface area contributed by atoms with E-state index < -0.39 is 17.8 Å². The third-order valence-corrected chi connectivity index (χ3v) is 6.31. The maximum atomic E-state index is 13.2. The summed E-state index contributed by atoms with van der Waals surface area (Å²) < 4.78 is 2.82. The number of para-hydroxylation sites is 1. The van der Waals surface area contributed by atoms with Crippen LogP contribution in [-0.4, -0.2) is 22.4 Å². The number of carbonyl (C=O) groups excluding carboxylic acids is 3. The van der Waals surface area contributed by atoms with E-state index >= 15 is 0 Å². The van der Waals surface area contributed by atoms with Crippen molar-refractivity contribution in [3.63, 3.8) is 0 Å². The normalized spacial score (nSPS) is 15.5. The molecule has 31 heavy (non-hydrogen) atoms. The highest BCUT2D eigenvalue weighted by atomic mass is 79.9. The molecule has 2 aromatic carbocycles. The molecule has 1 aromatic heterocycles. The number of carbonyl (C=O) groups is 3. The number of hydrogen-bond donors (Lipinski definition) is 1. The van der Waals surface area contributed by atoms with Gasteiger partial charge in [0.15, 0.2) is 0 Å². The maximum absolute atomic E-state index is 13.2. The molecule has 0 bridgehead atoms. The van der Waals surface area contributed by atoms with Gasteiger partial charge in [0, 0.05) is 27.1 Å². The number of anilines is 1. The summed E-state index contributed by atoms with van der Waals surface area (Å²) >= 11 is 3.61. The molecule has 1 fully saturated rings. The molecule has 0 unspecified atom stereocenters. The Morgan fingerprint density at radius 2 is 1.48 bits per heavy atom. The number of imide groups is 2. The summed E-state index contributed by atoms with van der Waals surface area (Å²) in [6.07, 6.45) is 1.54. The minimum absolute atomic E-state index is 0.103. The molecule has 1 aliphatic rings. The van der Waals surface area contributed by atoms with Gasteiger partial charge in [-0.2, -0.15) is 0 Å². The monoisotopic (exact) mass is 477 g/mol. The van der Waals surface area contributed by atoms with Gasteiger partial charge >= 0.3 is 6.03 Å². The number of urea groups is 1. The summed E-state index contributed by atoms with van der Waals surface area (Å²) in [5.41, 5.74) is 4.78. The molecule has 2 heterocycles. The third-order valence-electron chi connectivity index (χ3n) is 5.31. The molecule has 4 amide bonds. The molecule has 1 aliphatic heterocycles. The third kappa shape index (κ3) is 3.61. The molecular formula is C24H20BrN3O3. The van der Waals surface area contributed by atoms with Gasteiger partial charge in [-0.3, -0.25) is 14.9 Å². The fraction of sp³-hybridized carbons (Fsp3) is 0.125. The minimum atomic E-state index is -0.759. The smallest absolute Gasteiger partial charge is 0.317 e. The van der Waals surface area contributed by atoms with Crippen LogP contribution in [0.5, 0.6) is 0 Å². The lowest BCUT2D eigenvalue weighted by molar-refractivity contribution is -0.122. The van der Waals surface area contributed by atoms with Gasteiger partial charge in [0.2, 0.25) is 0 Å². The Kier molecular flexibility index (Phi) is 5.37. The van der Waals surface area contributed by atoms with Crippen LogP contribution in [0.2, 0.25) is 0 Å². The highest BCUT2D eigenvalue weighted by Gasteiger charge is 2.37. The number of aryl methyl sites for hydroxylation is 1. The molecule has 0 spiro atoms. The number of aromatic nitrogens is 1. The fourth-order valence-electron chi connectivity index (χ4n) is 3.69. The largest absolute Gasteiger partial charge is 0.335 e. The molecular weight excluding hydrogens is 458 g/mol. The minimum Gasteiger partial charge on any atom is -0.317 e. The van der Waals surface area contributed by atoms with Gasteiger partial charge in [-0.1, -0.05) is 35.9 Å². The van der Waals surface area contributed by atoms with Crippen LogP contribution in [0, 0.1) is 20.8 Å². The maximum Gasteiger partial charge on any atom is 0.335 e. The van der Waals surface area contributed by atoms with E-state index in [-0.39, 0.29) is 5.57 Å².